The summed E-state index contributed by atoms with van der Waals surface area (Å²) in [6, 6.07) is 14.5. The van der Waals surface area contributed by atoms with Gasteiger partial charge in [0.15, 0.2) is 0 Å². The predicted octanol–water partition coefficient (Wildman–Crippen LogP) is 2.90. The Morgan fingerprint density at radius 1 is 1.00 bits per heavy atom. The zero-order valence-corrected chi connectivity index (χ0v) is 14.7. The molecule has 0 bridgehead atoms. The lowest BCUT2D eigenvalue weighted by Crippen LogP contribution is -2.34. The van der Waals surface area contributed by atoms with Crippen molar-refractivity contribution in [1.82, 2.24) is 4.90 Å². The fraction of sp³-hybridized carbons (Fsp3) is 0.111. The molecule has 0 spiro atoms. The Morgan fingerprint density at radius 3 is 2.20 bits per heavy atom. The smallest absolute Gasteiger partial charge is 0.277 e. The van der Waals surface area contributed by atoms with E-state index in [1.807, 2.05) is 24.3 Å². The molecule has 0 saturated heterocycles. The first-order chi connectivity index (χ1) is 12.1. The summed E-state index contributed by atoms with van der Waals surface area (Å²) < 4.78 is 6.70. The van der Waals surface area contributed by atoms with Gasteiger partial charge in [-0.05, 0) is 48.5 Å². The number of ether oxygens (including phenoxy) is 1. The van der Waals surface area contributed by atoms with E-state index in [4.69, 9.17) is 9.84 Å². The Kier molecular flexibility index (Phi) is 5.16. The highest BCUT2D eigenvalue weighted by Gasteiger charge is 2.30. The van der Waals surface area contributed by atoms with E-state index in [1.54, 1.807) is 24.3 Å². The Hall–Kier alpha value is -2.64. The first-order valence-electron chi connectivity index (χ1n) is 7.56. The van der Waals surface area contributed by atoms with Crippen molar-refractivity contribution in [3.63, 3.8) is 0 Å². The van der Waals surface area contributed by atoms with Crippen LogP contribution in [-0.2, 0) is 9.59 Å². The third kappa shape index (κ3) is 4.07. The quantitative estimate of drug-likeness (QED) is 0.726. The van der Waals surface area contributed by atoms with Gasteiger partial charge in [-0.1, -0.05) is 15.9 Å². The number of anilines is 1. The standard InChI is InChI=1S/C18H15BrN2O4/c19-12-1-5-14(6-2-12)25-15-7-3-13(4-8-15)20-16-11-17(23)21(9-10-22)18(16)24/h1-8,11,20,22H,9-10H2. The summed E-state index contributed by atoms with van der Waals surface area (Å²) in [5, 5.41) is 11.8. The first-order valence-corrected chi connectivity index (χ1v) is 8.35. The van der Waals surface area contributed by atoms with Crippen LogP contribution in [-0.4, -0.2) is 35.0 Å². The van der Waals surface area contributed by atoms with Gasteiger partial charge in [-0.3, -0.25) is 14.5 Å². The van der Waals surface area contributed by atoms with Crippen LogP contribution >= 0.6 is 15.9 Å². The maximum absolute atomic E-state index is 12.1. The van der Waals surface area contributed by atoms with Gasteiger partial charge in [-0.25, -0.2) is 0 Å². The highest BCUT2D eigenvalue weighted by molar-refractivity contribution is 9.10. The molecule has 0 saturated carbocycles. The maximum atomic E-state index is 12.1. The van der Waals surface area contributed by atoms with Crippen molar-refractivity contribution in [2.24, 2.45) is 0 Å². The minimum Gasteiger partial charge on any atom is -0.457 e. The number of β-amino-alcohol motifs (C(OH)–C–C–N with tert-alkyl or cyclic N) is 1. The molecule has 1 aliphatic heterocycles. The summed E-state index contributed by atoms with van der Waals surface area (Å²) >= 11 is 3.37. The maximum Gasteiger partial charge on any atom is 0.277 e. The van der Waals surface area contributed by atoms with Gasteiger partial charge in [0.05, 0.1) is 13.2 Å². The summed E-state index contributed by atoms with van der Waals surface area (Å²) in [4.78, 5) is 24.8. The van der Waals surface area contributed by atoms with E-state index in [2.05, 4.69) is 21.2 Å². The third-order valence-corrected chi connectivity index (χ3v) is 4.04. The molecule has 7 heteroatoms. The number of carbonyl (C=O) groups is 2. The zero-order valence-electron chi connectivity index (χ0n) is 13.1. The number of amides is 2. The number of rotatable bonds is 6. The molecule has 0 radical (unpaired) electrons. The fourth-order valence-corrected chi connectivity index (χ4v) is 2.57. The Labute approximate surface area is 152 Å². The van der Waals surface area contributed by atoms with Gasteiger partial charge in [0.25, 0.3) is 11.8 Å². The third-order valence-electron chi connectivity index (χ3n) is 3.52. The van der Waals surface area contributed by atoms with Crippen molar-refractivity contribution in [3.05, 3.63) is 64.8 Å². The van der Waals surface area contributed by atoms with Crippen molar-refractivity contribution in [2.45, 2.75) is 0 Å². The Morgan fingerprint density at radius 2 is 1.60 bits per heavy atom. The molecule has 2 aromatic rings. The van der Waals surface area contributed by atoms with Gasteiger partial charge in [0, 0.05) is 16.2 Å². The molecule has 0 aliphatic carbocycles. The predicted molar refractivity (Wildman–Crippen MR) is 96.2 cm³/mol. The molecule has 1 heterocycles. The molecule has 0 aromatic heterocycles. The molecule has 2 aromatic carbocycles. The average Bonchev–Trinajstić information content (AvgIpc) is 2.86. The molecular formula is C18H15BrN2O4. The minimum atomic E-state index is -0.450. The normalized spacial score (nSPS) is 13.8. The molecule has 128 valence electrons. The summed E-state index contributed by atoms with van der Waals surface area (Å²) in [5.41, 5.74) is 0.835. The van der Waals surface area contributed by atoms with Crippen molar-refractivity contribution in [2.75, 3.05) is 18.5 Å². The van der Waals surface area contributed by atoms with Crippen molar-refractivity contribution in [3.8, 4) is 11.5 Å². The number of benzene rings is 2. The van der Waals surface area contributed by atoms with Gasteiger partial charge < -0.3 is 15.2 Å². The van der Waals surface area contributed by atoms with Gasteiger partial charge in [0.1, 0.15) is 17.2 Å². The Balaban J connectivity index is 1.65. The minimum absolute atomic E-state index is 0.0146. The van der Waals surface area contributed by atoms with Crippen LogP contribution in [0, 0.1) is 0 Å². The average molecular weight is 403 g/mol. The fourth-order valence-electron chi connectivity index (χ4n) is 2.31. The van der Waals surface area contributed by atoms with E-state index in [9.17, 15) is 9.59 Å². The molecule has 0 atom stereocenters. The van der Waals surface area contributed by atoms with E-state index in [1.165, 1.54) is 6.08 Å². The van der Waals surface area contributed by atoms with Crippen LogP contribution in [0.1, 0.15) is 0 Å². The van der Waals surface area contributed by atoms with Gasteiger partial charge in [-0.2, -0.15) is 0 Å². The van der Waals surface area contributed by atoms with Crippen molar-refractivity contribution in [1.29, 1.82) is 0 Å². The topological polar surface area (TPSA) is 78.9 Å². The number of halogens is 1. The summed E-state index contributed by atoms with van der Waals surface area (Å²) in [6.45, 7) is -0.278. The lowest BCUT2D eigenvalue weighted by atomic mass is 10.3. The summed E-state index contributed by atoms with van der Waals surface area (Å²) in [7, 11) is 0. The molecule has 25 heavy (non-hydrogen) atoms. The van der Waals surface area contributed by atoms with E-state index in [-0.39, 0.29) is 18.8 Å². The second-order valence-corrected chi connectivity index (χ2v) is 6.20. The van der Waals surface area contributed by atoms with Crippen molar-refractivity contribution < 1.29 is 19.4 Å². The van der Waals surface area contributed by atoms with Gasteiger partial charge in [-0.15, -0.1) is 0 Å². The Bertz CT molecular complexity index is 816. The number of nitrogens with zero attached hydrogens (tertiary/aromatic N) is 1. The van der Waals surface area contributed by atoms with Crippen LogP contribution in [0.4, 0.5) is 5.69 Å². The summed E-state index contributed by atoms with van der Waals surface area (Å²) in [5.74, 6) is 0.478. The lowest BCUT2D eigenvalue weighted by molar-refractivity contribution is -0.137. The highest BCUT2D eigenvalue weighted by Crippen LogP contribution is 2.25. The van der Waals surface area contributed by atoms with Crippen LogP contribution in [0.15, 0.2) is 64.8 Å². The van der Waals surface area contributed by atoms with Crippen LogP contribution in [0.3, 0.4) is 0 Å². The monoisotopic (exact) mass is 402 g/mol. The van der Waals surface area contributed by atoms with Crippen molar-refractivity contribution >= 4 is 33.4 Å². The molecule has 2 amide bonds. The zero-order chi connectivity index (χ0) is 17.8. The number of aliphatic hydroxyl groups excluding tert-OH is 1. The molecular weight excluding hydrogens is 388 g/mol. The number of hydrogen-bond donors (Lipinski definition) is 2. The number of carbonyl (C=O) groups excluding carboxylic acids is 2. The van der Waals surface area contributed by atoms with Crippen LogP contribution in [0.5, 0.6) is 11.5 Å². The molecule has 6 nitrogen and oxygen atoms in total. The molecule has 0 unspecified atom stereocenters. The number of aliphatic hydroxyl groups is 1. The van der Waals surface area contributed by atoms with E-state index in [0.717, 1.165) is 9.37 Å². The molecule has 3 rings (SSSR count). The second kappa shape index (κ2) is 7.50. The van der Waals surface area contributed by atoms with E-state index < -0.39 is 11.8 Å². The summed E-state index contributed by atoms with van der Waals surface area (Å²) in [6.07, 6.45) is 1.23. The number of imide groups is 1. The number of nitrogens with one attached hydrogen (secondary N) is 1. The van der Waals surface area contributed by atoms with Crippen LogP contribution < -0.4 is 10.1 Å². The van der Waals surface area contributed by atoms with Gasteiger partial charge in [0.2, 0.25) is 0 Å². The highest BCUT2D eigenvalue weighted by atomic mass is 79.9. The van der Waals surface area contributed by atoms with Gasteiger partial charge >= 0.3 is 0 Å². The van der Waals surface area contributed by atoms with Crippen LogP contribution in [0.2, 0.25) is 0 Å². The molecule has 2 N–H and O–H groups in total. The van der Waals surface area contributed by atoms with Crippen LogP contribution in [0.25, 0.3) is 0 Å². The van der Waals surface area contributed by atoms with E-state index in [0.29, 0.717) is 17.2 Å². The lowest BCUT2D eigenvalue weighted by Gasteiger charge is -2.13. The SMILES string of the molecule is O=C1C=C(Nc2ccc(Oc3ccc(Br)cc3)cc2)C(=O)N1CCO. The largest absolute Gasteiger partial charge is 0.457 e. The molecule has 0 fully saturated rings. The first kappa shape index (κ1) is 17.2. The number of hydrogen-bond acceptors (Lipinski definition) is 5. The second-order valence-electron chi connectivity index (χ2n) is 5.28. The molecule has 1 aliphatic rings. The van der Waals surface area contributed by atoms with E-state index >= 15 is 0 Å².